The second kappa shape index (κ2) is 6.19. The molecule has 4 nitrogen and oxygen atoms in total. The Bertz CT molecular complexity index is 600. The van der Waals surface area contributed by atoms with E-state index in [9.17, 15) is 4.79 Å². The van der Waals surface area contributed by atoms with Gasteiger partial charge in [-0.3, -0.25) is 4.79 Å². The predicted molar refractivity (Wildman–Crippen MR) is 92.1 cm³/mol. The first-order valence-corrected chi connectivity index (χ1v) is 9.34. The van der Waals surface area contributed by atoms with E-state index in [1.807, 2.05) is 23.1 Å². The van der Waals surface area contributed by atoms with Crippen molar-refractivity contribution in [1.29, 1.82) is 0 Å². The third-order valence-corrected chi connectivity index (χ3v) is 6.44. The largest absolute Gasteiger partial charge is 0.370 e. The fourth-order valence-corrected chi connectivity index (χ4v) is 4.71. The molecule has 2 heterocycles. The number of nitrogens with one attached hydrogen (secondary N) is 1. The van der Waals surface area contributed by atoms with Gasteiger partial charge in [0, 0.05) is 16.9 Å². The molecule has 1 amide bonds. The first kappa shape index (κ1) is 15.6. The summed E-state index contributed by atoms with van der Waals surface area (Å²) >= 11 is 3.60. The molecule has 2 atom stereocenters. The Morgan fingerprint density at radius 3 is 2.87 bits per heavy atom. The molecule has 0 bridgehead atoms. The normalized spacial score (nSPS) is 29.5. The molecular formula is C18H23BrN2O2. The maximum atomic E-state index is 12.9. The molecule has 1 aromatic carbocycles. The molecule has 1 aromatic rings. The van der Waals surface area contributed by atoms with Crippen LogP contribution in [0.25, 0.3) is 0 Å². The Hall–Kier alpha value is -0.910. The molecule has 23 heavy (non-hydrogen) atoms. The maximum absolute atomic E-state index is 12.9. The van der Waals surface area contributed by atoms with Gasteiger partial charge in [-0.1, -0.05) is 34.1 Å². The summed E-state index contributed by atoms with van der Waals surface area (Å²) in [6.07, 6.45) is 3.37. The number of rotatable bonds is 2. The van der Waals surface area contributed by atoms with Crippen molar-refractivity contribution in [3.63, 3.8) is 0 Å². The van der Waals surface area contributed by atoms with Crippen molar-refractivity contribution in [2.75, 3.05) is 32.8 Å². The number of halogens is 1. The maximum Gasteiger partial charge on any atom is 0.226 e. The van der Waals surface area contributed by atoms with Crippen molar-refractivity contribution in [1.82, 2.24) is 10.2 Å². The third kappa shape index (κ3) is 2.94. The van der Waals surface area contributed by atoms with Crippen molar-refractivity contribution >= 4 is 21.8 Å². The van der Waals surface area contributed by atoms with E-state index < -0.39 is 0 Å². The Labute approximate surface area is 145 Å². The summed E-state index contributed by atoms with van der Waals surface area (Å²) in [5.41, 5.74) is 1.45. The minimum atomic E-state index is -0.0222. The van der Waals surface area contributed by atoms with Crippen LogP contribution in [0, 0.1) is 11.3 Å². The molecule has 124 valence electrons. The highest BCUT2D eigenvalue weighted by atomic mass is 79.9. The molecular weight excluding hydrogens is 356 g/mol. The van der Waals surface area contributed by atoms with Crippen LogP contribution in [0.15, 0.2) is 28.7 Å². The van der Waals surface area contributed by atoms with E-state index in [4.69, 9.17) is 4.74 Å². The molecule has 3 fully saturated rings. The lowest BCUT2D eigenvalue weighted by Gasteiger charge is -2.34. The summed E-state index contributed by atoms with van der Waals surface area (Å²) in [4.78, 5) is 15.0. The van der Waals surface area contributed by atoms with E-state index in [-0.39, 0.29) is 12.0 Å². The van der Waals surface area contributed by atoms with Gasteiger partial charge in [0.2, 0.25) is 5.91 Å². The monoisotopic (exact) mass is 378 g/mol. The summed E-state index contributed by atoms with van der Waals surface area (Å²) in [6.45, 7) is 4.15. The number of carbonyl (C=O) groups is 1. The fraction of sp³-hybridized carbons (Fsp3) is 0.611. The zero-order valence-corrected chi connectivity index (χ0v) is 14.8. The van der Waals surface area contributed by atoms with Gasteiger partial charge >= 0.3 is 0 Å². The first-order chi connectivity index (χ1) is 11.2. The van der Waals surface area contributed by atoms with Gasteiger partial charge in [0.25, 0.3) is 0 Å². The van der Waals surface area contributed by atoms with Crippen LogP contribution >= 0.6 is 15.9 Å². The number of amides is 1. The number of hydrogen-bond donors (Lipinski definition) is 1. The molecule has 3 aliphatic rings. The van der Waals surface area contributed by atoms with Crippen LogP contribution in [-0.2, 0) is 9.53 Å². The Morgan fingerprint density at radius 1 is 1.30 bits per heavy atom. The zero-order valence-electron chi connectivity index (χ0n) is 13.3. The molecule has 5 heteroatoms. The number of ether oxygens (including phenoxy) is 1. The molecule has 2 aliphatic heterocycles. The predicted octanol–water partition coefficient (Wildman–Crippen LogP) is 2.74. The number of benzene rings is 1. The highest BCUT2D eigenvalue weighted by Gasteiger charge is 2.58. The van der Waals surface area contributed by atoms with E-state index in [2.05, 4.69) is 27.3 Å². The SMILES string of the molecule is O=C([C@@H]1CC12CCNCC2)N1CCO[C@@H](c2ccccc2Br)C1. The number of morpholine rings is 1. The molecule has 1 aliphatic carbocycles. The van der Waals surface area contributed by atoms with Crippen LogP contribution in [0.2, 0.25) is 0 Å². The van der Waals surface area contributed by atoms with Crippen LogP contribution in [0.3, 0.4) is 0 Å². The van der Waals surface area contributed by atoms with Gasteiger partial charge in [-0.05, 0) is 49.4 Å². The summed E-state index contributed by atoms with van der Waals surface area (Å²) in [7, 11) is 0. The Kier molecular flexibility index (Phi) is 4.20. The first-order valence-electron chi connectivity index (χ1n) is 8.55. The Morgan fingerprint density at radius 2 is 2.09 bits per heavy atom. The van der Waals surface area contributed by atoms with Crippen molar-refractivity contribution in [2.24, 2.45) is 11.3 Å². The average Bonchev–Trinajstić information content (AvgIpc) is 3.28. The van der Waals surface area contributed by atoms with Gasteiger partial charge in [0.05, 0.1) is 13.2 Å². The van der Waals surface area contributed by atoms with Gasteiger partial charge in [0.1, 0.15) is 6.10 Å². The van der Waals surface area contributed by atoms with Crippen LogP contribution in [0.1, 0.15) is 30.9 Å². The second-order valence-corrected chi connectivity index (χ2v) is 7.89. The third-order valence-electron chi connectivity index (χ3n) is 5.72. The molecule has 0 radical (unpaired) electrons. The van der Waals surface area contributed by atoms with Gasteiger partial charge < -0.3 is 15.0 Å². The van der Waals surface area contributed by atoms with Gasteiger partial charge in [-0.2, -0.15) is 0 Å². The van der Waals surface area contributed by atoms with E-state index in [1.165, 1.54) is 0 Å². The topological polar surface area (TPSA) is 41.6 Å². The van der Waals surface area contributed by atoms with E-state index in [0.29, 0.717) is 24.5 Å². The fourth-order valence-electron chi connectivity index (χ4n) is 4.17. The highest BCUT2D eigenvalue weighted by molar-refractivity contribution is 9.10. The number of carbonyl (C=O) groups excluding carboxylic acids is 1. The Balaban J connectivity index is 1.44. The van der Waals surface area contributed by atoms with Crippen molar-refractivity contribution < 1.29 is 9.53 Å². The van der Waals surface area contributed by atoms with Crippen LogP contribution in [-0.4, -0.2) is 43.6 Å². The number of hydrogen-bond acceptors (Lipinski definition) is 3. The lowest BCUT2D eigenvalue weighted by Crippen LogP contribution is -2.44. The van der Waals surface area contributed by atoms with E-state index in [1.54, 1.807) is 0 Å². The van der Waals surface area contributed by atoms with E-state index >= 15 is 0 Å². The van der Waals surface area contributed by atoms with Crippen LogP contribution < -0.4 is 5.32 Å². The van der Waals surface area contributed by atoms with Crippen molar-refractivity contribution in [3.8, 4) is 0 Å². The molecule has 2 saturated heterocycles. The zero-order chi connectivity index (χ0) is 15.9. The quantitative estimate of drug-likeness (QED) is 0.859. The summed E-state index contributed by atoms with van der Waals surface area (Å²) < 4.78 is 6.98. The summed E-state index contributed by atoms with van der Waals surface area (Å²) in [6, 6.07) is 8.14. The smallest absolute Gasteiger partial charge is 0.226 e. The molecule has 1 spiro atoms. The molecule has 1 saturated carbocycles. The highest BCUT2D eigenvalue weighted by Crippen LogP contribution is 2.59. The lowest BCUT2D eigenvalue weighted by atomic mass is 9.91. The molecule has 0 aromatic heterocycles. The summed E-state index contributed by atoms with van der Waals surface area (Å²) in [5, 5.41) is 3.40. The molecule has 1 N–H and O–H groups in total. The standard InChI is InChI=1S/C18H23BrN2O2/c19-15-4-2-1-3-13(15)16-12-21(9-10-23-16)17(22)14-11-18(14)5-7-20-8-6-18/h1-4,14,16,20H,5-12H2/t14-,16+/m0/s1. The van der Waals surface area contributed by atoms with Gasteiger partial charge in [0.15, 0.2) is 0 Å². The minimum Gasteiger partial charge on any atom is -0.370 e. The van der Waals surface area contributed by atoms with Crippen molar-refractivity contribution in [2.45, 2.75) is 25.4 Å². The lowest BCUT2D eigenvalue weighted by molar-refractivity contribution is -0.141. The van der Waals surface area contributed by atoms with Crippen LogP contribution in [0.4, 0.5) is 0 Å². The minimum absolute atomic E-state index is 0.0222. The van der Waals surface area contributed by atoms with Crippen LogP contribution in [0.5, 0.6) is 0 Å². The number of piperidine rings is 1. The van der Waals surface area contributed by atoms with Gasteiger partial charge in [-0.25, -0.2) is 0 Å². The average molecular weight is 379 g/mol. The van der Waals surface area contributed by atoms with E-state index in [0.717, 1.165) is 48.9 Å². The van der Waals surface area contributed by atoms with Gasteiger partial charge in [-0.15, -0.1) is 0 Å². The molecule has 0 unspecified atom stereocenters. The number of nitrogens with zero attached hydrogens (tertiary/aromatic N) is 1. The molecule has 4 rings (SSSR count). The second-order valence-electron chi connectivity index (χ2n) is 7.03. The van der Waals surface area contributed by atoms with Crippen molar-refractivity contribution in [3.05, 3.63) is 34.3 Å². The summed E-state index contributed by atoms with van der Waals surface area (Å²) in [5.74, 6) is 0.606.